The van der Waals surface area contributed by atoms with Gasteiger partial charge in [0, 0.05) is 18.8 Å². The van der Waals surface area contributed by atoms with Gasteiger partial charge in [-0.1, -0.05) is 19.1 Å². The van der Waals surface area contributed by atoms with Crippen LogP contribution in [0.5, 0.6) is 0 Å². The molecule has 5 nitrogen and oxygen atoms in total. The third-order valence-corrected chi connectivity index (χ3v) is 3.52. The first-order valence-electron chi connectivity index (χ1n) is 7.24. The first kappa shape index (κ1) is 14.4. The summed E-state index contributed by atoms with van der Waals surface area (Å²) in [6, 6.07) is 8.00. The molecule has 1 heterocycles. The zero-order valence-electron chi connectivity index (χ0n) is 12.0. The van der Waals surface area contributed by atoms with Gasteiger partial charge in [-0.25, -0.2) is 0 Å². The molecule has 0 aliphatic carbocycles. The SMILES string of the molecule is CCc1cccc(NC(=N)NC(=N)N2CCCCC2)c1. The van der Waals surface area contributed by atoms with Gasteiger partial charge >= 0.3 is 0 Å². The summed E-state index contributed by atoms with van der Waals surface area (Å²) in [6.45, 7) is 3.92. The van der Waals surface area contributed by atoms with Crippen molar-refractivity contribution in [3.63, 3.8) is 0 Å². The van der Waals surface area contributed by atoms with E-state index >= 15 is 0 Å². The maximum Gasteiger partial charge on any atom is 0.199 e. The standard InChI is InChI=1S/C15H23N5/c1-2-12-7-6-8-13(11-12)18-14(16)19-15(17)20-9-4-3-5-10-20/h6-8,11H,2-5,9-10H2,1H3,(H4,16,17,18,19). The molecule has 1 aliphatic rings. The zero-order valence-corrected chi connectivity index (χ0v) is 12.0. The second-order valence-corrected chi connectivity index (χ2v) is 5.08. The van der Waals surface area contributed by atoms with E-state index in [0.717, 1.165) is 38.0 Å². The van der Waals surface area contributed by atoms with Crippen LogP contribution in [0.15, 0.2) is 24.3 Å². The highest BCUT2D eigenvalue weighted by Gasteiger charge is 2.14. The average molecular weight is 273 g/mol. The molecule has 1 aromatic carbocycles. The average Bonchev–Trinajstić information content (AvgIpc) is 2.48. The fraction of sp³-hybridized carbons (Fsp3) is 0.467. The number of benzene rings is 1. The molecule has 0 saturated carbocycles. The molecule has 4 N–H and O–H groups in total. The fourth-order valence-electron chi connectivity index (χ4n) is 2.36. The summed E-state index contributed by atoms with van der Waals surface area (Å²) in [5.74, 6) is 0.461. The number of guanidine groups is 2. The van der Waals surface area contributed by atoms with Crippen molar-refractivity contribution >= 4 is 17.6 Å². The lowest BCUT2D eigenvalue weighted by molar-refractivity contribution is 0.334. The van der Waals surface area contributed by atoms with Crippen molar-refractivity contribution in [3.05, 3.63) is 29.8 Å². The van der Waals surface area contributed by atoms with Gasteiger partial charge < -0.3 is 10.2 Å². The summed E-state index contributed by atoms with van der Waals surface area (Å²) < 4.78 is 0. The smallest absolute Gasteiger partial charge is 0.199 e. The monoisotopic (exact) mass is 273 g/mol. The number of hydrogen-bond donors (Lipinski definition) is 4. The van der Waals surface area contributed by atoms with Gasteiger partial charge in [-0.05, 0) is 43.4 Å². The quantitative estimate of drug-likeness (QED) is 0.494. The normalized spacial score (nSPS) is 14.8. The first-order chi connectivity index (χ1) is 9.69. The molecular formula is C15H23N5. The molecule has 2 rings (SSSR count). The molecule has 0 atom stereocenters. The van der Waals surface area contributed by atoms with Gasteiger partial charge in [0.1, 0.15) is 0 Å². The van der Waals surface area contributed by atoms with Gasteiger partial charge in [0.05, 0.1) is 0 Å². The lowest BCUT2D eigenvalue weighted by atomic mass is 10.1. The van der Waals surface area contributed by atoms with Crippen molar-refractivity contribution in [1.82, 2.24) is 10.2 Å². The van der Waals surface area contributed by atoms with Crippen molar-refractivity contribution < 1.29 is 0 Å². The Morgan fingerprint density at radius 2 is 1.95 bits per heavy atom. The van der Waals surface area contributed by atoms with Crippen molar-refractivity contribution in [2.24, 2.45) is 0 Å². The zero-order chi connectivity index (χ0) is 14.4. The molecule has 1 aromatic rings. The minimum atomic E-state index is 0.147. The largest absolute Gasteiger partial charge is 0.343 e. The van der Waals surface area contributed by atoms with E-state index in [0.29, 0.717) is 5.96 Å². The molecule has 0 radical (unpaired) electrons. The molecule has 0 unspecified atom stereocenters. The molecule has 0 amide bonds. The summed E-state index contributed by atoms with van der Waals surface area (Å²) in [4.78, 5) is 1.99. The first-order valence-corrected chi connectivity index (χ1v) is 7.24. The molecule has 1 fully saturated rings. The van der Waals surface area contributed by atoms with Crippen LogP contribution in [0.3, 0.4) is 0 Å². The van der Waals surface area contributed by atoms with Crippen molar-refractivity contribution in [3.8, 4) is 0 Å². The van der Waals surface area contributed by atoms with Crippen molar-refractivity contribution in [1.29, 1.82) is 10.8 Å². The van der Waals surface area contributed by atoms with Gasteiger partial charge in [0.15, 0.2) is 11.9 Å². The Morgan fingerprint density at radius 1 is 1.20 bits per heavy atom. The van der Waals surface area contributed by atoms with Crippen LogP contribution >= 0.6 is 0 Å². The van der Waals surface area contributed by atoms with E-state index in [-0.39, 0.29) is 5.96 Å². The van der Waals surface area contributed by atoms with E-state index in [1.165, 1.54) is 12.0 Å². The molecular weight excluding hydrogens is 250 g/mol. The molecule has 5 heteroatoms. The maximum absolute atomic E-state index is 7.99. The van der Waals surface area contributed by atoms with Gasteiger partial charge in [0.2, 0.25) is 0 Å². The molecule has 20 heavy (non-hydrogen) atoms. The summed E-state index contributed by atoms with van der Waals surface area (Å²) >= 11 is 0. The van der Waals surface area contributed by atoms with Crippen LogP contribution in [0.4, 0.5) is 5.69 Å². The van der Waals surface area contributed by atoms with Gasteiger partial charge in [-0.2, -0.15) is 0 Å². The van der Waals surface area contributed by atoms with Crippen LogP contribution in [-0.4, -0.2) is 29.9 Å². The van der Waals surface area contributed by atoms with Crippen LogP contribution < -0.4 is 10.6 Å². The minimum absolute atomic E-state index is 0.147. The van der Waals surface area contributed by atoms with Crippen LogP contribution in [0.25, 0.3) is 0 Å². The Hall–Kier alpha value is -2.04. The third-order valence-electron chi connectivity index (χ3n) is 3.52. The van der Waals surface area contributed by atoms with E-state index in [4.69, 9.17) is 10.8 Å². The Labute approximate surface area is 120 Å². The highest BCUT2D eigenvalue weighted by molar-refractivity contribution is 6.02. The summed E-state index contributed by atoms with van der Waals surface area (Å²) in [5.41, 5.74) is 2.11. The molecule has 108 valence electrons. The van der Waals surface area contributed by atoms with Crippen LogP contribution in [0.1, 0.15) is 31.7 Å². The topological polar surface area (TPSA) is 75.0 Å². The number of likely N-dealkylation sites (tertiary alicyclic amines) is 1. The summed E-state index contributed by atoms with van der Waals surface area (Å²) in [7, 11) is 0. The van der Waals surface area contributed by atoms with Crippen molar-refractivity contribution in [2.75, 3.05) is 18.4 Å². The van der Waals surface area contributed by atoms with Gasteiger partial charge in [-0.3, -0.25) is 16.1 Å². The van der Waals surface area contributed by atoms with Crippen LogP contribution in [0, 0.1) is 10.8 Å². The predicted octanol–water partition coefficient (Wildman–Crippen LogP) is 2.61. The lowest BCUT2D eigenvalue weighted by Crippen LogP contribution is -2.47. The second-order valence-electron chi connectivity index (χ2n) is 5.08. The van der Waals surface area contributed by atoms with E-state index in [2.05, 4.69) is 23.6 Å². The van der Waals surface area contributed by atoms with E-state index < -0.39 is 0 Å². The van der Waals surface area contributed by atoms with Gasteiger partial charge in [0.25, 0.3) is 0 Å². The number of rotatable bonds is 2. The highest BCUT2D eigenvalue weighted by Crippen LogP contribution is 2.11. The molecule has 0 bridgehead atoms. The maximum atomic E-state index is 7.99. The Morgan fingerprint density at radius 3 is 2.65 bits per heavy atom. The predicted molar refractivity (Wildman–Crippen MR) is 83.5 cm³/mol. The summed E-state index contributed by atoms with van der Waals surface area (Å²) in [6.07, 6.45) is 4.47. The molecule has 1 aliphatic heterocycles. The Balaban J connectivity index is 1.86. The van der Waals surface area contributed by atoms with Crippen molar-refractivity contribution in [2.45, 2.75) is 32.6 Å². The van der Waals surface area contributed by atoms with E-state index in [1.807, 2.05) is 23.1 Å². The number of piperidine rings is 1. The second kappa shape index (κ2) is 6.93. The highest BCUT2D eigenvalue weighted by atomic mass is 15.3. The number of nitrogens with zero attached hydrogens (tertiary/aromatic N) is 1. The molecule has 1 saturated heterocycles. The molecule has 0 spiro atoms. The third kappa shape index (κ3) is 3.98. The van der Waals surface area contributed by atoms with Crippen LogP contribution in [0.2, 0.25) is 0 Å². The van der Waals surface area contributed by atoms with E-state index in [9.17, 15) is 0 Å². The van der Waals surface area contributed by atoms with E-state index in [1.54, 1.807) is 0 Å². The number of hydrogen-bond acceptors (Lipinski definition) is 2. The lowest BCUT2D eigenvalue weighted by Gasteiger charge is -2.29. The Kier molecular flexibility index (Phi) is 4.98. The number of nitrogens with one attached hydrogen (secondary N) is 4. The molecule has 0 aromatic heterocycles. The minimum Gasteiger partial charge on any atom is -0.343 e. The van der Waals surface area contributed by atoms with Crippen LogP contribution in [-0.2, 0) is 6.42 Å². The number of aryl methyl sites for hydroxylation is 1. The van der Waals surface area contributed by atoms with Gasteiger partial charge in [-0.15, -0.1) is 0 Å². The Bertz CT molecular complexity index is 477. The fourth-order valence-corrected chi connectivity index (χ4v) is 2.36. The summed E-state index contributed by atoms with van der Waals surface area (Å²) in [5, 5.41) is 21.7. The number of anilines is 1.